The summed E-state index contributed by atoms with van der Waals surface area (Å²) >= 11 is 11.6. The first kappa shape index (κ1) is 21.7. The Morgan fingerprint density at radius 1 is 1.12 bits per heavy atom. The topological polar surface area (TPSA) is 114 Å². The van der Waals surface area contributed by atoms with Crippen molar-refractivity contribution in [2.45, 2.75) is 19.9 Å². The number of esters is 1. The molecule has 0 spiro atoms. The third-order valence-corrected chi connectivity index (χ3v) is 3.80. The van der Waals surface area contributed by atoms with Crippen molar-refractivity contribution in [3.05, 3.63) is 33.8 Å². The van der Waals surface area contributed by atoms with E-state index in [-0.39, 0.29) is 16.5 Å². The van der Waals surface area contributed by atoms with Gasteiger partial charge in [0, 0.05) is 12.1 Å². The van der Waals surface area contributed by atoms with Gasteiger partial charge in [0.25, 0.3) is 11.8 Å². The number of amides is 3. The van der Waals surface area contributed by atoms with Crippen LogP contribution in [0.5, 0.6) is 0 Å². The molecule has 0 radical (unpaired) electrons. The summed E-state index contributed by atoms with van der Waals surface area (Å²) in [6, 6.07) is 3.51. The molecule has 0 aliphatic heterocycles. The van der Waals surface area contributed by atoms with Crippen LogP contribution in [0.25, 0.3) is 0 Å². The normalized spacial score (nSPS) is 11.2. The Hall–Kier alpha value is -2.32. The van der Waals surface area contributed by atoms with Gasteiger partial charge in [-0.15, -0.1) is 0 Å². The predicted molar refractivity (Wildman–Crippen MR) is 96.0 cm³/mol. The first-order valence-electron chi connectivity index (χ1n) is 7.70. The highest BCUT2D eigenvalue weighted by Gasteiger charge is 2.16. The van der Waals surface area contributed by atoms with Gasteiger partial charge < -0.3 is 20.7 Å². The quantitative estimate of drug-likeness (QED) is 0.558. The number of nitrogens with one attached hydrogen (secondary N) is 3. The number of ether oxygens (including phenoxy) is 1. The molecular weight excluding hydrogens is 385 g/mol. The number of carbonyl (C=O) groups excluding carboxylic acids is 4. The standard InChI is InChI=1S/C16H19Cl2N3O5/c1-3-19-15(24)9(2)21-13(22)8-26-14(23)7-20-16(25)10-4-5-11(17)12(18)6-10/h4-6,9H,3,7-8H2,1-2H3,(H,19,24)(H,20,25)(H,21,22)/t9-/m0/s1. The Kier molecular flexibility index (Phi) is 8.87. The molecule has 3 amide bonds. The van der Waals surface area contributed by atoms with Crippen molar-refractivity contribution < 1.29 is 23.9 Å². The Morgan fingerprint density at radius 2 is 1.81 bits per heavy atom. The van der Waals surface area contributed by atoms with E-state index >= 15 is 0 Å². The summed E-state index contributed by atoms with van der Waals surface area (Å²) in [4.78, 5) is 46.6. The zero-order chi connectivity index (χ0) is 19.7. The van der Waals surface area contributed by atoms with Crippen molar-refractivity contribution in [1.82, 2.24) is 16.0 Å². The Labute approximate surface area is 160 Å². The number of hydrogen-bond acceptors (Lipinski definition) is 5. The lowest BCUT2D eigenvalue weighted by atomic mass is 10.2. The number of carbonyl (C=O) groups is 4. The SMILES string of the molecule is CCNC(=O)[C@H](C)NC(=O)COC(=O)CNC(=O)c1ccc(Cl)c(Cl)c1. The molecule has 8 nitrogen and oxygen atoms in total. The number of halogens is 2. The molecule has 0 saturated carbocycles. The minimum atomic E-state index is -0.806. The first-order valence-corrected chi connectivity index (χ1v) is 8.46. The summed E-state index contributed by atoms with van der Waals surface area (Å²) in [6.07, 6.45) is 0. The van der Waals surface area contributed by atoms with Crippen LogP contribution >= 0.6 is 23.2 Å². The van der Waals surface area contributed by atoms with E-state index in [1.54, 1.807) is 6.92 Å². The van der Waals surface area contributed by atoms with Crippen molar-refractivity contribution in [3.63, 3.8) is 0 Å². The zero-order valence-corrected chi connectivity index (χ0v) is 15.7. The average Bonchev–Trinajstić information content (AvgIpc) is 2.60. The van der Waals surface area contributed by atoms with Crippen molar-refractivity contribution in [2.24, 2.45) is 0 Å². The van der Waals surface area contributed by atoms with E-state index in [2.05, 4.69) is 16.0 Å². The van der Waals surface area contributed by atoms with Gasteiger partial charge in [-0.05, 0) is 32.0 Å². The average molecular weight is 404 g/mol. The molecule has 26 heavy (non-hydrogen) atoms. The zero-order valence-electron chi connectivity index (χ0n) is 14.2. The molecular formula is C16H19Cl2N3O5. The van der Waals surface area contributed by atoms with Crippen molar-refractivity contribution in [3.8, 4) is 0 Å². The van der Waals surface area contributed by atoms with Gasteiger partial charge in [0.1, 0.15) is 12.6 Å². The lowest BCUT2D eigenvalue weighted by Crippen LogP contribution is -2.46. The molecule has 0 aliphatic carbocycles. The lowest BCUT2D eigenvalue weighted by Gasteiger charge is -2.13. The number of benzene rings is 1. The summed E-state index contributed by atoms with van der Waals surface area (Å²) in [5, 5.41) is 7.77. The fraction of sp³-hybridized carbons (Fsp3) is 0.375. The van der Waals surface area contributed by atoms with Crippen LogP contribution in [0.2, 0.25) is 10.0 Å². The monoisotopic (exact) mass is 403 g/mol. The molecule has 0 heterocycles. The fourth-order valence-corrected chi connectivity index (χ4v) is 2.06. The molecule has 0 aliphatic rings. The lowest BCUT2D eigenvalue weighted by molar-refractivity contribution is -0.147. The molecule has 0 aromatic heterocycles. The van der Waals surface area contributed by atoms with Gasteiger partial charge >= 0.3 is 5.97 Å². The molecule has 142 valence electrons. The molecule has 0 unspecified atom stereocenters. The van der Waals surface area contributed by atoms with Gasteiger partial charge in [0.2, 0.25) is 5.91 Å². The second-order valence-corrected chi connectivity index (χ2v) is 5.97. The largest absolute Gasteiger partial charge is 0.454 e. The van der Waals surface area contributed by atoms with E-state index in [1.807, 2.05) is 0 Å². The maximum absolute atomic E-state index is 11.9. The molecule has 1 aromatic carbocycles. The first-order chi connectivity index (χ1) is 12.2. The Bertz CT molecular complexity index is 696. The Morgan fingerprint density at radius 3 is 2.42 bits per heavy atom. The predicted octanol–water partition coefficient (Wildman–Crippen LogP) is 0.907. The van der Waals surface area contributed by atoms with Gasteiger partial charge in [-0.1, -0.05) is 23.2 Å². The molecule has 0 saturated heterocycles. The van der Waals surface area contributed by atoms with Crippen LogP contribution in [0.4, 0.5) is 0 Å². The maximum atomic E-state index is 11.9. The van der Waals surface area contributed by atoms with Crippen LogP contribution < -0.4 is 16.0 Å². The molecule has 10 heteroatoms. The van der Waals surface area contributed by atoms with Crippen LogP contribution in [0.1, 0.15) is 24.2 Å². The molecule has 1 aromatic rings. The van der Waals surface area contributed by atoms with Crippen LogP contribution in [-0.2, 0) is 19.1 Å². The van der Waals surface area contributed by atoms with Crippen LogP contribution in [-0.4, -0.2) is 49.4 Å². The van der Waals surface area contributed by atoms with Crippen molar-refractivity contribution >= 4 is 46.9 Å². The molecule has 1 rings (SSSR count). The fourth-order valence-electron chi connectivity index (χ4n) is 1.76. The summed E-state index contributed by atoms with van der Waals surface area (Å²) < 4.78 is 4.73. The number of likely N-dealkylation sites (N-methyl/N-ethyl adjacent to an activating group) is 1. The van der Waals surface area contributed by atoms with E-state index in [4.69, 9.17) is 27.9 Å². The molecule has 1 atom stereocenters. The highest BCUT2D eigenvalue weighted by molar-refractivity contribution is 6.42. The minimum Gasteiger partial charge on any atom is -0.454 e. The summed E-state index contributed by atoms with van der Waals surface area (Å²) in [5.74, 6) is -2.33. The van der Waals surface area contributed by atoms with Crippen molar-refractivity contribution in [2.75, 3.05) is 19.7 Å². The number of hydrogen-bond donors (Lipinski definition) is 3. The van der Waals surface area contributed by atoms with Gasteiger partial charge in [-0.2, -0.15) is 0 Å². The number of rotatable bonds is 8. The minimum absolute atomic E-state index is 0.208. The second-order valence-electron chi connectivity index (χ2n) is 5.16. The smallest absolute Gasteiger partial charge is 0.325 e. The van der Waals surface area contributed by atoms with Crippen LogP contribution in [0, 0.1) is 0 Å². The van der Waals surface area contributed by atoms with E-state index < -0.39 is 37.0 Å². The van der Waals surface area contributed by atoms with Gasteiger partial charge in [0.05, 0.1) is 10.0 Å². The van der Waals surface area contributed by atoms with Crippen LogP contribution in [0.3, 0.4) is 0 Å². The second kappa shape index (κ2) is 10.6. The highest BCUT2D eigenvalue weighted by atomic mass is 35.5. The Balaban J connectivity index is 2.35. The van der Waals surface area contributed by atoms with Crippen LogP contribution in [0.15, 0.2) is 18.2 Å². The molecule has 0 bridgehead atoms. The van der Waals surface area contributed by atoms with E-state index in [0.29, 0.717) is 11.6 Å². The van der Waals surface area contributed by atoms with E-state index in [0.717, 1.165) is 0 Å². The van der Waals surface area contributed by atoms with Gasteiger partial charge in [-0.3, -0.25) is 19.2 Å². The van der Waals surface area contributed by atoms with E-state index in [1.165, 1.54) is 25.1 Å². The molecule has 0 fully saturated rings. The van der Waals surface area contributed by atoms with Gasteiger partial charge in [0.15, 0.2) is 6.61 Å². The summed E-state index contributed by atoms with van der Waals surface area (Å²) in [7, 11) is 0. The summed E-state index contributed by atoms with van der Waals surface area (Å²) in [6.45, 7) is 2.69. The summed E-state index contributed by atoms with van der Waals surface area (Å²) in [5.41, 5.74) is 0.223. The van der Waals surface area contributed by atoms with E-state index in [9.17, 15) is 19.2 Å². The van der Waals surface area contributed by atoms with Crippen molar-refractivity contribution in [1.29, 1.82) is 0 Å². The third kappa shape index (κ3) is 7.28. The maximum Gasteiger partial charge on any atom is 0.325 e. The highest BCUT2D eigenvalue weighted by Crippen LogP contribution is 2.22. The van der Waals surface area contributed by atoms with Gasteiger partial charge in [-0.25, -0.2) is 0 Å². The third-order valence-electron chi connectivity index (χ3n) is 3.06. The molecule has 3 N–H and O–H groups in total.